The van der Waals surface area contributed by atoms with Crippen LogP contribution in [0.2, 0.25) is 0 Å². The van der Waals surface area contributed by atoms with Gasteiger partial charge in [-0.3, -0.25) is 9.79 Å². The molecule has 2 aliphatic heterocycles. The Bertz CT molecular complexity index is 836. The minimum absolute atomic E-state index is 0.00440. The largest absolute Gasteiger partial charge is 0.353 e. The fourth-order valence-electron chi connectivity index (χ4n) is 3.24. The number of hydrogen-bond acceptors (Lipinski definition) is 8. The van der Waals surface area contributed by atoms with Gasteiger partial charge in [-0.1, -0.05) is 11.8 Å². The highest BCUT2D eigenvalue weighted by molar-refractivity contribution is 8.15. The maximum absolute atomic E-state index is 12.3. The van der Waals surface area contributed by atoms with E-state index >= 15 is 0 Å². The monoisotopic (exact) mass is 441 g/mol. The molecule has 0 saturated carbocycles. The summed E-state index contributed by atoms with van der Waals surface area (Å²) < 4.78 is 34.2. The van der Waals surface area contributed by atoms with E-state index in [0.29, 0.717) is 31.7 Å². The first-order valence-electron chi connectivity index (χ1n) is 9.73. The van der Waals surface area contributed by atoms with E-state index in [-0.39, 0.29) is 35.0 Å². The summed E-state index contributed by atoms with van der Waals surface area (Å²) in [4.78, 5) is 16.8. The maximum Gasteiger partial charge on any atom is 0.251 e. The van der Waals surface area contributed by atoms with Crippen molar-refractivity contribution in [3.8, 4) is 0 Å². The molecule has 2 heterocycles. The van der Waals surface area contributed by atoms with Crippen molar-refractivity contribution in [1.29, 1.82) is 0 Å². The molecule has 2 atom stereocenters. The van der Waals surface area contributed by atoms with Gasteiger partial charge in [0.05, 0.1) is 17.5 Å². The fourth-order valence-corrected chi connectivity index (χ4v) is 6.91. The number of thioether (sulfide) groups is 1. The number of sulfone groups is 1. The summed E-state index contributed by atoms with van der Waals surface area (Å²) >= 11 is 1.47. The number of fused-ring (bicyclic) bond motifs is 1. The number of carbonyl (C=O) groups is 1. The first-order chi connectivity index (χ1) is 13.9. The van der Waals surface area contributed by atoms with Crippen LogP contribution < -0.4 is 10.6 Å². The van der Waals surface area contributed by atoms with Crippen LogP contribution >= 0.6 is 11.8 Å². The number of aliphatic imine (C=N–C) groups is 1. The highest BCUT2D eigenvalue weighted by Gasteiger charge is 2.42. The lowest BCUT2D eigenvalue weighted by Crippen LogP contribution is -2.29. The number of amides is 1. The summed E-state index contributed by atoms with van der Waals surface area (Å²) in [6.45, 7) is 5.40. The quantitative estimate of drug-likeness (QED) is 0.564. The SMILES string of the molecule is CCOC(CCNC(=O)c1ccc(NC2=N[C@H]3CS(=O)(=O)C[C@@H]3S2)cc1)OCC. The average molecular weight is 442 g/mol. The smallest absolute Gasteiger partial charge is 0.251 e. The van der Waals surface area contributed by atoms with E-state index in [9.17, 15) is 13.2 Å². The Kier molecular flexibility index (Phi) is 7.55. The van der Waals surface area contributed by atoms with E-state index < -0.39 is 9.84 Å². The van der Waals surface area contributed by atoms with Crippen LogP contribution in [0.25, 0.3) is 0 Å². The van der Waals surface area contributed by atoms with Crippen molar-refractivity contribution in [3.05, 3.63) is 29.8 Å². The number of benzene rings is 1. The van der Waals surface area contributed by atoms with Crippen LogP contribution in [-0.2, 0) is 19.3 Å². The van der Waals surface area contributed by atoms with Gasteiger partial charge in [-0.25, -0.2) is 8.42 Å². The molecule has 2 N–H and O–H groups in total. The predicted octanol–water partition coefficient (Wildman–Crippen LogP) is 1.89. The van der Waals surface area contributed by atoms with Crippen LogP contribution in [-0.4, -0.2) is 68.3 Å². The average Bonchev–Trinajstić information content (AvgIpc) is 3.15. The van der Waals surface area contributed by atoms with Gasteiger partial charge in [-0.15, -0.1) is 0 Å². The first-order valence-corrected chi connectivity index (χ1v) is 12.4. The van der Waals surface area contributed by atoms with E-state index in [1.54, 1.807) is 12.1 Å². The Morgan fingerprint density at radius 3 is 2.52 bits per heavy atom. The number of anilines is 1. The number of carbonyl (C=O) groups excluding carboxylic acids is 1. The van der Waals surface area contributed by atoms with Crippen molar-refractivity contribution < 1.29 is 22.7 Å². The van der Waals surface area contributed by atoms with Gasteiger partial charge in [0, 0.05) is 42.7 Å². The number of rotatable bonds is 9. The summed E-state index contributed by atoms with van der Waals surface area (Å²) in [7, 11) is -2.95. The molecule has 0 unspecified atom stereocenters. The molecule has 160 valence electrons. The predicted molar refractivity (Wildman–Crippen MR) is 115 cm³/mol. The molecule has 3 rings (SSSR count). The minimum atomic E-state index is -2.95. The second-order valence-electron chi connectivity index (χ2n) is 6.82. The normalized spacial score (nSPS) is 22.4. The molecular weight excluding hydrogens is 414 g/mol. The zero-order valence-corrected chi connectivity index (χ0v) is 18.2. The molecule has 29 heavy (non-hydrogen) atoms. The van der Waals surface area contributed by atoms with Crippen LogP contribution in [0.15, 0.2) is 29.3 Å². The standard InChI is InChI=1S/C19H27N3O5S2/c1-3-26-17(27-4-2)9-10-20-18(23)13-5-7-14(8-6-13)21-19-22-15-11-29(24,25)12-16(15)28-19/h5-8,15-17H,3-4,9-12H2,1-2H3,(H,20,23)(H,21,22)/t15-,16-/m0/s1. The van der Waals surface area contributed by atoms with Crippen LogP contribution in [0.5, 0.6) is 0 Å². The molecule has 1 saturated heterocycles. The Morgan fingerprint density at radius 1 is 1.21 bits per heavy atom. The van der Waals surface area contributed by atoms with Crippen molar-refractivity contribution in [1.82, 2.24) is 5.32 Å². The molecule has 1 fully saturated rings. The van der Waals surface area contributed by atoms with E-state index in [0.717, 1.165) is 10.9 Å². The van der Waals surface area contributed by atoms with Crippen molar-refractivity contribution in [2.45, 2.75) is 37.9 Å². The van der Waals surface area contributed by atoms with Gasteiger partial charge >= 0.3 is 0 Å². The molecular formula is C19H27N3O5S2. The van der Waals surface area contributed by atoms with Gasteiger partial charge in [0.25, 0.3) is 5.91 Å². The molecule has 1 aromatic rings. The van der Waals surface area contributed by atoms with Crippen LogP contribution in [0.4, 0.5) is 5.69 Å². The number of hydrogen-bond donors (Lipinski definition) is 2. The lowest BCUT2D eigenvalue weighted by atomic mass is 10.2. The van der Waals surface area contributed by atoms with E-state index in [2.05, 4.69) is 15.6 Å². The van der Waals surface area contributed by atoms with Gasteiger partial charge in [0.15, 0.2) is 21.3 Å². The van der Waals surface area contributed by atoms with Gasteiger partial charge in [-0.2, -0.15) is 0 Å². The molecule has 10 heteroatoms. The zero-order chi connectivity index (χ0) is 20.9. The first kappa shape index (κ1) is 22.1. The Labute approximate surface area is 175 Å². The lowest BCUT2D eigenvalue weighted by molar-refractivity contribution is -0.138. The van der Waals surface area contributed by atoms with Gasteiger partial charge in [-0.05, 0) is 38.1 Å². The lowest BCUT2D eigenvalue weighted by Gasteiger charge is -2.17. The molecule has 8 nitrogen and oxygen atoms in total. The number of nitrogens with one attached hydrogen (secondary N) is 2. The van der Waals surface area contributed by atoms with E-state index in [1.807, 2.05) is 26.0 Å². The highest BCUT2D eigenvalue weighted by atomic mass is 32.2. The van der Waals surface area contributed by atoms with Crippen LogP contribution in [0, 0.1) is 0 Å². The Balaban J connectivity index is 1.47. The summed E-state index contributed by atoms with van der Waals surface area (Å²) in [5, 5.41) is 6.80. The molecule has 0 aromatic heterocycles. The van der Waals surface area contributed by atoms with Crippen molar-refractivity contribution in [2.75, 3.05) is 36.6 Å². The van der Waals surface area contributed by atoms with E-state index in [1.165, 1.54) is 11.8 Å². The van der Waals surface area contributed by atoms with Crippen molar-refractivity contribution >= 4 is 38.4 Å². The molecule has 0 radical (unpaired) electrons. The number of nitrogens with zero attached hydrogens (tertiary/aromatic N) is 1. The molecule has 1 amide bonds. The third kappa shape index (κ3) is 6.18. The second kappa shape index (κ2) is 9.92. The summed E-state index contributed by atoms with van der Waals surface area (Å²) in [5.74, 6) is 0.155. The zero-order valence-electron chi connectivity index (χ0n) is 16.6. The topological polar surface area (TPSA) is 106 Å². The van der Waals surface area contributed by atoms with E-state index in [4.69, 9.17) is 9.47 Å². The molecule has 2 aliphatic rings. The van der Waals surface area contributed by atoms with Gasteiger partial charge in [0.1, 0.15) is 0 Å². The summed E-state index contributed by atoms with van der Waals surface area (Å²) in [6.07, 6.45) is 0.276. The van der Waals surface area contributed by atoms with Gasteiger partial charge in [0.2, 0.25) is 0 Å². The number of ether oxygens (including phenoxy) is 2. The maximum atomic E-state index is 12.3. The fraction of sp³-hybridized carbons (Fsp3) is 0.579. The van der Waals surface area contributed by atoms with Crippen molar-refractivity contribution in [3.63, 3.8) is 0 Å². The molecule has 0 spiro atoms. The van der Waals surface area contributed by atoms with Crippen LogP contribution in [0.1, 0.15) is 30.6 Å². The summed E-state index contributed by atoms with van der Waals surface area (Å²) in [6, 6.07) is 6.95. The third-order valence-electron chi connectivity index (χ3n) is 4.59. The number of amidine groups is 1. The Hall–Kier alpha value is -1.62. The minimum Gasteiger partial charge on any atom is -0.353 e. The molecule has 0 bridgehead atoms. The molecule has 0 aliphatic carbocycles. The van der Waals surface area contributed by atoms with Crippen molar-refractivity contribution in [2.24, 2.45) is 4.99 Å². The van der Waals surface area contributed by atoms with Gasteiger partial charge < -0.3 is 20.1 Å². The van der Waals surface area contributed by atoms with Crippen LogP contribution in [0.3, 0.4) is 0 Å². The molecule has 1 aromatic carbocycles. The highest BCUT2D eigenvalue weighted by Crippen LogP contribution is 2.34. The second-order valence-corrected chi connectivity index (χ2v) is 10.2. The third-order valence-corrected chi connectivity index (χ3v) is 7.73. The Morgan fingerprint density at radius 2 is 1.90 bits per heavy atom. The summed E-state index contributed by atoms with van der Waals surface area (Å²) in [5.41, 5.74) is 1.37.